The van der Waals surface area contributed by atoms with Gasteiger partial charge < -0.3 is 20.4 Å². The fourth-order valence-corrected chi connectivity index (χ4v) is 19.7. The average molecular weight is 1550 g/mol. The minimum atomic E-state index is -4.75. The quantitative estimate of drug-likeness (QED) is 0.0517. The molecule has 5 saturated heterocycles. The molecule has 3 saturated carbocycles. The van der Waals surface area contributed by atoms with Crippen LogP contribution in [0.2, 0.25) is 0 Å². The van der Waals surface area contributed by atoms with Crippen LogP contribution in [0.25, 0.3) is 43.9 Å². The number of anilines is 4. The predicted octanol–water partition coefficient (Wildman–Crippen LogP) is 10.8. The summed E-state index contributed by atoms with van der Waals surface area (Å²) in [5.74, 6) is -2.68. The van der Waals surface area contributed by atoms with Crippen LogP contribution in [0.4, 0.5) is 49.1 Å². The van der Waals surface area contributed by atoms with E-state index in [0.29, 0.717) is 64.2 Å². The maximum atomic E-state index is 14.6. The molecule has 0 radical (unpaired) electrons. The molecule has 2 bridgehead atoms. The number of alkyl halides is 6. The highest BCUT2D eigenvalue weighted by Crippen LogP contribution is 2.52. The summed E-state index contributed by atoms with van der Waals surface area (Å²) in [5, 5.41) is 22.5. The number of imidazole rings is 2. The summed E-state index contributed by atoms with van der Waals surface area (Å²) in [6.45, 7) is 9.49. The van der Waals surface area contributed by atoms with Crippen molar-refractivity contribution < 1.29 is 55.1 Å². The second-order valence-electron chi connectivity index (χ2n) is 32.3. The van der Waals surface area contributed by atoms with Crippen LogP contribution >= 0.6 is 0 Å². The zero-order valence-electron chi connectivity index (χ0n) is 62.4. The van der Waals surface area contributed by atoms with Gasteiger partial charge in [-0.1, -0.05) is 24.3 Å². The Bertz CT molecular complexity index is 5690. The molecule has 4 N–H and O–H groups in total. The number of nitrogens with zero attached hydrogens (tertiary/aromatic N) is 14. The Morgan fingerprint density at radius 3 is 1.51 bits per heavy atom. The first-order valence-electron chi connectivity index (χ1n) is 39.0. The molecule has 6 aromatic heterocycles. The first-order valence-corrected chi connectivity index (χ1v) is 39.0. The number of rotatable bonds is 16. The first kappa shape index (κ1) is 73.5. The second-order valence-corrected chi connectivity index (χ2v) is 32.3. The normalized spacial score (nSPS) is 24.8. The zero-order chi connectivity index (χ0) is 78.4. The average Bonchev–Trinajstić information content (AvgIpc) is 1.59. The van der Waals surface area contributed by atoms with Crippen molar-refractivity contribution in [2.75, 3.05) is 72.8 Å². The van der Waals surface area contributed by atoms with Gasteiger partial charge in [-0.05, 0) is 192 Å². The van der Waals surface area contributed by atoms with Gasteiger partial charge in [0.1, 0.15) is 34.9 Å². The van der Waals surface area contributed by atoms with E-state index in [2.05, 4.69) is 66.3 Å². The first-order chi connectivity index (χ1) is 54.2. The predicted molar refractivity (Wildman–Crippen MR) is 407 cm³/mol. The molecule has 11 heterocycles. The van der Waals surface area contributed by atoms with Gasteiger partial charge in [0.2, 0.25) is 23.6 Å². The van der Waals surface area contributed by atoms with Crippen molar-refractivity contribution in [3.05, 3.63) is 164 Å². The zero-order valence-corrected chi connectivity index (χ0v) is 62.4. The Labute approximate surface area is 642 Å². The third-order valence-corrected chi connectivity index (χ3v) is 25.4. The van der Waals surface area contributed by atoms with E-state index < -0.39 is 59.5 Å². The molecule has 26 nitrogen and oxygen atoms in total. The number of halogens is 6. The Morgan fingerprint density at radius 1 is 0.513 bits per heavy atom. The van der Waals surface area contributed by atoms with Crippen molar-refractivity contribution in [1.29, 1.82) is 0 Å². The third kappa shape index (κ3) is 13.6. The van der Waals surface area contributed by atoms with E-state index >= 15 is 0 Å². The van der Waals surface area contributed by atoms with E-state index in [1.807, 2.05) is 73.3 Å². The summed E-state index contributed by atoms with van der Waals surface area (Å²) in [6, 6.07) is 24.0. The van der Waals surface area contributed by atoms with Gasteiger partial charge in [-0.15, -0.1) is 0 Å². The van der Waals surface area contributed by atoms with Gasteiger partial charge in [-0.25, -0.2) is 19.6 Å². The number of hydrogen-bond donors (Lipinski definition) is 4. The number of benzene rings is 4. The van der Waals surface area contributed by atoms with E-state index in [4.69, 9.17) is 10.2 Å². The molecule has 4 unspecified atom stereocenters. The van der Waals surface area contributed by atoms with Crippen LogP contribution in [0.1, 0.15) is 157 Å². The van der Waals surface area contributed by atoms with Crippen molar-refractivity contribution in [3.8, 4) is 0 Å². The molecule has 5 aliphatic heterocycles. The maximum absolute atomic E-state index is 14.6. The van der Waals surface area contributed by atoms with Gasteiger partial charge in [0.25, 0.3) is 11.8 Å². The molecule has 18 rings (SSSR count). The van der Waals surface area contributed by atoms with Crippen molar-refractivity contribution in [2.45, 2.75) is 152 Å². The number of hydrogen-bond acceptors (Lipinski definition) is 16. The number of piperidine rings is 2. The minimum Gasteiger partial charge on any atom is -0.367 e. The van der Waals surface area contributed by atoms with Gasteiger partial charge in [0.15, 0.2) is 0 Å². The molecule has 588 valence electrons. The fraction of sp³-hybridized carbons (Fsp3) is 0.457. The Hall–Kier alpha value is -11.0. The summed E-state index contributed by atoms with van der Waals surface area (Å²) in [7, 11) is 1.73. The summed E-state index contributed by atoms with van der Waals surface area (Å²) < 4.78 is 93.3. The number of aryl methyl sites for hydroxylation is 3. The number of piperazine rings is 2. The number of likely N-dealkylation sites (tertiary alicyclic amines) is 1. The lowest BCUT2D eigenvalue weighted by Crippen LogP contribution is -2.52. The van der Waals surface area contributed by atoms with Gasteiger partial charge in [0.05, 0.1) is 56.6 Å². The van der Waals surface area contributed by atoms with Crippen LogP contribution in [-0.4, -0.2) is 157 Å². The monoisotopic (exact) mass is 1550 g/mol. The highest BCUT2D eigenvalue weighted by atomic mass is 19.4. The maximum Gasteiger partial charge on any atom is 0.433 e. The van der Waals surface area contributed by atoms with Gasteiger partial charge in [-0.2, -0.15) is 36.5 Å². The SMILES string of the molecule is Cc1cc2nn([C@@H]3CC[C@@H](CN4CCN(c5cccc6c5n(C5CC5)c(=O)n6C5CCC(=O)NC5=O)CC4)C(C4C[C@H](n5cc6cc(NC(=O)c7cccc(C(F)(F)F)n7)c(C)cc6n5)CC[C@H]4CN4C[C@@H]5C[C@H]4CN5c4cccc5c4n(C)c(=O)n5C4CCC(=O)NC4=O)C3)cc2cc1NC(=O)c1cccc(C(F)(F)F)n1. The number of nitrogens with one attached hydrogen (secondary N) is 4. The summed E-state index contributed by atoms with van der Waals surface area (Å²) >= 11 is 0. The van der Waals surface area contributed by atoms with Crippen LogP contribution in [0, 0.1) is 37.5 Å². The largest absolute Gasteiger partial charge is 0.433 e. The topological polar surface area (TPSA) is 279 Å². The lowest BCUT2D eigenvalue weighted by Gasteiger charge is -2.49. The van der Waals surface area contributed by atoms with Crippen LogP contribution < -0.4 is 42.4 Å². The molecule has 10 atom stereocenters. The van der Waals surface area contributed by atoms with Crippen molar-refractivity contribution in [2.24, 2.45) is 30.7 Å². The molecule has 8 aliphatic rings. The third-order valence-electron chi connectivity index (χ3n) is 25.4. The number of fused-ring (bicyclic) bond motifs is 6. The summed E-state index contributed by atoms with van der Waals surface area (Å²) in [5.41, 5.74) is 4.43. The number of carbonyl (C=O) groups is 6. The number of imide groups is 2. The molecule has 0 spiro atoms. The second kappa shape index (κ2) is 28.3. The van der Waals surface area contributed by atoms with E-state index in [-0.39, 0.29) is 114 Å². The van der Waals surface area contributed by atoms with E-state index in [1.54, 1.807) is 28.3 Å². The number of carbonyl (C=O) groups excluding carboxylic acids is 6. The molecule has 32 heteroatoms. The Morgan fingerprint density at radius 2 is 1.01 bits per heavy atom. The fourth-order valence-electron chi connectivity index (χ4n) is 19.7. The van der Waals surface area contributed by atoms with E-state index in [0.717, 1.165) is 148 Å². The highest BCUT2D eigenvalue weighted by Gasteiger charge is 2.50. The molecule has 4 aromatic carbocycles. The van der Waals surface area contributed by atoms with Crippen LogP contribution in [0.3, 0.4) is 0 Å². The van der Waals surface area contributed by atoms with E-state index in [9.17, 15) is 64.7 Å². The Kier molecular flexibility index (Phi) is 18.4. The van der Waals surface area contributed by atoms with Crippen LogP contribution in [0.5, 0.6) is 0 Å². The molecule has 10 aromatic rings. The van der Waals surface area contributed by atoms with Gasteiger partial charge >= 0.3 is 23.7 Å². The lowest BCUT2D eigenvalue weighted by atomic mass is 9.62. The standard InChI is InChI=1S/C81H84F6N18O8/c1-43-30-60-47(32-58(43)90-74(108)56-8-4-14-68(88-56)80(82,83)84)39-101(94-60)50-18-16-45(37-97-26-28-98(29-27-97)62-10-6-13-65-73(62)103(49-20-21-49)79(113)105(65)67-23-25-71(107)93-77(67)111)54(35-50)55-36-51(102-40-48-33-59(44(2)31-61(48)95-102)91-75(109)57-9-5-15-69(89-57)81(85,86)87)19-17-46(55)38-99-41-53-34-52(99)42-100(53)63-11-7-12-64-72(63)96(3)78(112)104(64)66-22-24-70(106)92-76(66)110/h4-15,30-33,39-40,45-46,49-55,66-67H,16-29,34-38,41-42H2,1-3H3,(H,90,108)(H,91,109)(H,92,106,110)(H,93,107,111)/t45-,46-,50+,51+,52-,53-,54?,55?,66?,67?/m0/s1. The molecule has 8 fully saturated rings. The smallest absolute Gasteiger partial charge is 0.367 e. The highest BCUT2D eigenvalue weighted by molar-refractivity contribution is 6.06. The molecular formula is C81H84F6N18O8. The lowest BCUT2D eigenvalue weighted by molar-refractivity contribution is -0.142. The number of pyridine rings is 2. The van der Waals surface area contributed by atoms with Gasteiger partial charge in [0, 0.05) is 125 Å². The minimum absolute atomic E-state index is 0.00126. The molecule has 113 heavy (non-hydrogen) atoms. The summed E-state index contributed by atoms with van der Waals surface area (Å²) in [6.07, 6.45) is 2.57. The Balaban J connectivity index is 0.670. The number of para-hydroxylation sites is 2. The summed E-state index contributed by atoms with van der Waals surface area (Å²) in [4.78, 5) is 125. The molecular weight excluding hydrogens is 1470 g/mol. The van der Waals surface area contributed by atoms with Crippen molar-refractivity contribution in [3.63, 3.8) is 0 Å². The van der Waals surface area contributed by atoms with E-state index in [1.165, 1.54) is 16.7 Å². The molecule has 3 aliphatic carbocycles. The number of aromatic nitrogens is 10. The van der Waals surface area contributed by atoms with Crippen molar-refractivity contribution >= 4 is 102 Å². The van der Waals surface area contributed by atoms with Crippen molar-refractivity contribution in [1.82, 2.24) is 68.2 Å². The van der Waals surface area contributed by atoms with Crippen LogP contribution in [0.15, 0.2) is 119 Å². The van der Waals surface area contributed by atoms with Gasteiger partial charge in [-0.3, -0.25) is 76.8 Å². The van der Waals surface area contributed by atoms with Crippen LogP contribution in [-0.2, 0) is 38.6 Å². The number of amides is 6. The molecule has 6 amide bonds.